The van der Waals surface area contributed by atoms with E-state index >= 15 is 0 Å². The first kappa shape index (κ1) is 12.5. The van der Waals surface area contributed by atoms with E-state index in [1.807, 2.05) is 0 Å². The van der Waals surface area contributed by atoms with E-state index in [-0.39, 0.29) is 13.0 Å². The molecule has 91 valence electrons. The lowest BCUT2D eigenvalue weighted by Gasteiger charge is -2.26. The maximum absolute atomic E-state index is 11.1. The third-order valence-corrected chi connectivity index (χ3v) is 3.31. The van der Waals surface area contributed by atoms with Crippen molar-refractivity contribution in [2.45, 2.75) is 6.42 Å². The van der Waals surface area contributed by atoms with Crippen LogP contribution >= 0.6 is 0 Å². The Balaban J connectivity index is 3.19. The van der Waals surface area contributed by atoms with Crippen molar-refractivity contribution in [1.82, 2.24) is 4.90 Å². The molecule has 0 bridgehead atoms. The zero-order valence-corrected chi connectivity index (χ0v) is 8.81. The van der Waals surface area contributed by atoms with Gasteiger partial charge in [-0.05, 0) is 6.42 Å². The molecule has 0 amide bonds. The van der Waals surface area contributed by atoms with Crippen LogP contribution in [-0.2, 0) is 14.9 Å². The van der Waals surface area contributed by atoms with Crippen LogP contribution in [-0.4, -0.2) is 46.9 Å². The van der Waals surface area contributed by atoms with Gasteiger partial charge in [0.25, 0.3) is 31.8 Å². The lowest BCUT2D eigenvalue weighted by molar-refractivity contribution is 0.115. The number of rotatable bonds is 3. The minimum absolute atomic E-state index is 0.0191. The van der Waals surface area contributed by atoms with Crippen molar-refractivity contribution in [3.8, 4) is 0 Å². The molecule has 0 aromatic carbocycles. The first-order valence-electron chi connectivity index (χ1n) is 4.19. The van der Waals surface area contributed by atoms with Crippen LogP contribution in [0.3, 0.4) is 0 Å². The van der Waals surface area contributed by atoms with Gasteiger partial charge >= 0.3 is 0 Å². The summed E-state index contributed by atoms with van der Waals surface area (Å²) in [5, 5.41) is 44.0. The van der Waals surface area contributed by atoms with E-state index in [2.05, 4.69) is 0 Å². The summed E-state index contributed by atoms with van der Waals surface area (Å²) in [4.78, 5) is 0.531. The maximum atomic E-state index is 11.1. The molecule has 0 fully saturated rings. The Bertz CT molecular complexity index is 417. The van der Waals surface area contributed by atoms with Crippen LogP contribution in [0, 0.1) is 0 Å². The SMILES string of the molecule is [O]CCCN1C(O)=C(O)S(=O)(=O)C(O)=C1O. The largest absolute Gasteiger partial charge is 0.495 e. The van der Waals surface area contributed by atoms with Crippen molar-refractivity contribution in [3.05, 3.63) is 21.9 Å². The molecule has 8 nitrogen and oxygen atoms in total. The summed E-state index contributed by atoms with van der Waals surface area (Å²) in [5.74, 6) is -2.24. The Morgan fingerprint density at radius 2 is 1.44 bits per heavy atom. The molecule has 0 saturated carbocycles. The van der Waals surface area contributed by atoms with Gasteiger partial charge in [0.15, 0.2) is 0 Å². The highest BCUT2D eigenvalue weighted by atomic mass is 32.2. The van der Waals surface area contributed by atoms with E-state index in [1.165, 1.54) is 0 Å². The molecule has 0 saturated heterocycles. The van der Waals surface area contributed by atoms with Crippen molar-refractivity contribution in [2.24, 2.45) is 0 Å². The van der Waals surface area contributed by atoms with Crippen LogP contribution in [0.25, 0.3) is 0 Å². The standard InChI is InChI=1S/C7H10NO7S/c9-3-1-2-8-4(10)6(12)16(14,15)7(13)5(8)11/h10-13H,1-3H2. The van der Waals surface area contributed by atoms with Gasteiger partial charge in [0.1, 0.15) is 0 Å². The van der Waals surface area contributed by atoms with Crippen LogP contribution in [0.4, 0.5) is 0 Å². The number of nitrogens with zero attached hydrogens (tertiary/aromatic N) is 1. The Morgan fingerprint density at radius 3 is 1.81 bits per heavy atom. The summed E-state index contributed by atoms with van der Waals surface area (Å²) >= 11 is 0. The highest BCUT2D eigenvalue weighted by molar-refractivity contribution is 7.98. The molecule has 1 rings (SSSR count). The number of aliphatic hydroxyl groups excluding tert-OH is 4. The fourth-order valence-electron chi connectivity index (χ4n) is 1.10. The second-order valence-corrected chi connectivity index (χ2v) is 4.75. The molecule has 1 heterocycles. The van der Waals surface area contributed by atoms with Crippen molar-refractivity contribution in [2.75, 3.05) is 13.2 Å². The van der Waals surface area contributed by atoms with Crippen molar-refractivity contribution >= 4 is 9.84 Å². The average molecular weight is 252 g/mol. The van der Waals surface area contributed by atoms with Crippen molar-refractivity contribution in [3.63, 3.8) is 0 Å². The van der Waals surface area contributed by atoms with E-state index in [1.54, 1.807) is 0 Å². The van der Waals surface area contributed by atoms with E-state index in [0.717, 1.165) is 0 Å². The molecule has 0 aromatic heterocycles. The Kier molecular flexibility index (Phi) is 3.19. The minimum atomic E-state index is -4.65. The molecule has 1 aliphatic heterocycles. The van der Waals surface area contributed by atoms with E-state index in [9.17, 15) is 23.7 Å². The quantitative estimate of drug-likeness (QED) is 0.555. The molecule has 1 radical (unpaired) electrons. The number of hydrogen-bond acceptors (Lipinski definition) is 7. The molecule has 0 atom stereocenters. The topological polar surface area (TPSA) is 138 Å². The summed E-state index contributed by atoms with van der Waals surface area (Å²) in [6, 6.07) is 0. The van der Waals surface area contributed by atoms with Crippen molar-refractivity contribution < 1.29 is 34.0 Å². The minimum Gasteiger partial charge on any atom is -0.495 e. The van der Waals surface area contributed by atoms with Gasteiger partial charge in [-0.15, -0.1) is 0 Å². The van der Waals surface area contributed by atoms with Crippen LogP contribution in [0.15, 0.2) is 21.9 Å². The first-order chi connectivity index (χ1) is 7.34. The lowest BCUT2D eigenvalue weighted by Crippen LogP contribution is -2.33. The maximum Gasteiger partial charge on any atom is 0.282 e. The van der Waals surface area contributed by atoms with E-state index in [4.69, 9.17) is 10.2 Å². The molecular formula is C7H10NO7S. The third-order valence-electron chi connectivity index (χ3n) is 1.93. The van der Waals surface area contributed by atoms with Gasteiger partial charge < -0.3 is 20.4 Å². The zero-order chi connectivity index (χ0) is 12.5. The Morgan fingerprint density at radius 1 is 1.00 bits per heavy atom. The van der Waals surface area contributed by atoms with Crippen molar-refractivity contribution in [1.29, 1.82) is 0 Å². The van der Waals surface area contributed by atoms with Gasteiger partial charge in [0.05, 0.1) is 6.61 Å². The molecule has 1 aliphatic rings. The Labute approximate surface area is 90.9 Å². The van der Waals surface area contributed by atoms with Gasteiger partial charge in [-0.2, -0.15) is 0 Å². The first-order valence-corrected chi connectivity index (χ1v) is 5.67. The molecule has 0 unspecified atom stereocenters. The van der Waals surface area contributed by atoms with Crippen LogP contribution in [0.1, 0.15) is 6.42 Å². The van der Waals surface area contributed by atoms with Crippen LogP contribution in [0.5, 0.6) is 0 Å². The van der Waals surface area contributed by atoms with Crippen LogP contribution in [0.2, 0.25) is 0 Å². The lowest BCUT2D eigenvalue weighted by atomic mass is 10.4. The smallest absolute Gasteiger partial charge is 0.282 e. The van der Waals surface area contributed by atoms with E-state index < -0.39 is 38.4 Å². The molecule has 0 spiro atoms. The second kappa shape index (κ2) is 4.10. The van der Waals surface area contributed by atoms with Gasteiger partial charge in [0.2, 0.25) is 0 Å². The monoisotopic (exact) mass is 252 g/mol. The summed E-state index contributed by atoms with van der Waals surface area (Å²) in [6.07, 6.45) is -0.0191. The van der Waals surface area contributed by atoms with Gasteiger partial charge in [-0.25, -0.2) is 13.5 Å². The third kappa shape index (κ3) is 1.74. The zero-order valence-electron chi connectivity index (χ0n) is 7.99. The summed E-state index contributed by atoms with van der Waals surface area (Å²) < 4.78 is 22.3. The molecule has 0 aromatic rings. The predicted molar refractivity (Wildman–Crippen MR) is 50.4 cm³/mol. The normalized spacial score (nSPS) is 20.4. The van der Waals surface area contributed by atoms with Gasteiger partial charge in [-0.1, -0.05) is 0 Å². The number of hydrogen-bond donors (Lipinski definition) is 4. The van der Waals surface area contributed by atoms with Gasteiger partial charge in [-0.3, -0.25) is 4.90 Å². The summed E-state index contributed by atoms with van der Waals surface area (Å²) in [7, 11) is -4.65. The highest BCUT2D eigenvalue weighted by Gasteiger charge is 2.39. The average Bonchev–Trinajstić information content (AvgIpc) is 2.25. The molecule has 0 aliphatic carbocycles. The molecule has 4 N–H and O–H groups in total. The highest BCUT2D eigenvalue weighted by Crippen LogP contribution is 2.28. The second-order valence-electron chi connectivity index (χ2n) is 2.97. The predicted octanol–water partition coefficient (Wildman–Crippen LogP) is 0.0226. The number of aliphatic hydroxyl groups is 4. The number of sulfone groups is 1. The molecular weight excluding hydrogens is 242 g/mol. The fraction of sp³-hybridized carbons (Fsp3) is 0.429. The van der Waals surface area contributed by atoms with Crippen LogP contribution < -0.4 is 0 Å². The van der Waals surface area contributed by atoms with E-state index in [0.29, 0.717) is 4.90 Å². The van der Waals surface area contributed by atoms with Gasteiger partial charge in [0, 0.05) is 6.54 Å². The Hall–Kier alpha value is -1.61. The summed E-state index contributed by atoms with van der Waals surface area (Å²) in [6.45, 7) is -0.754. The molecule has 16 heavy (non-hydrogen) atoms. The summed E-state index contributed by atoms with van der Waals surface area (Å²) in [5.41, 5.74) is 0. The molecule has 9 heteroatoms. The fourth-order valence-corrected chi connectivity index (χ4v) is 1.98.